The number of aliphatic carboxylic acids is 1. The molecule has 4 nitrogen and oxygen atoms in total. The van der Waals surface area contributed by atoms with Crippen LogP contribution in [0.2, 0.25) is 0 Å². The van der Waals surface area contributed by atoms with Gasteiger partial charge in [0.25, 0.3) is 0 Å². The zero-order valence-corrected chi connectivity index (χ0v) is 7.53. The van der Waals surface area contributed by atoms with Crippen LogP contribution in [0.5, 0.6) is 0 Å². The van der Waals surface area contributed by atoms with Crippen LogP contribution >= 0.6 is 0 Å². The van der Waals surface area contributed by atoms with E-state index in [1.54, 1.807) is 12.2 Å². The van der Waals surface area contributed by atoms with Gasteiger partial charge >= 0.3 is 0 Å². The van der Waals surface area contributed by atoms with Crippen molar-refractivity contribution >= 4 is 5.97 Å². The molecule has 13 heavy (non-hydrogen) atoms. The molecule has 0 aromatic rings. The number of allylic oxidation sites excluding steroid dienone is 2. The summed E-state index contributed by atoms with van der Waals surface area (Å²) < 4.78 is 5.29. The number of ether oxygens (including phenoxy) is 1. The zero-order chi connectivity index (χ0) is 9.84. The van der Waals surface area contributed by atoms with Crippen molar-refractivity contribution in [1.29, 1.82) is 0 Å². The summed E-state index contributed by atoms with van der Waals surface area (Å²) >= 11 is 0. The average molecular weight is 183 g/mol. The minimum absolute atomic E-state index is 0.195. The normalized spacial score (nSPS) is 27.1. The number of carbonyl (C=O) groups is 1. The lowest BCUT2D eigenvalue weighted by atomic mass is 9.97. The molecule has 0 aliphatic heterocycles. The van der Waals surface area contributed by atoms with Gasteiger partial charge in [-0.15, -0.1) is 0 Å². The minimum atomic E-state index is -1.17. The number of hydrogen-bond donors (Lipinski definition) is 1. The van der Waals surface area contributed by atoms with E-state index in [-0.39, 0.29) is 17.7 Å². The third-order valence-electron chi connectivity index (χ3n) is 1.97. The molecule has 1 rings (SSSR count). The Hall–Kier alpha value is -1.13. The molecule has 72 valence electrons. The quantitative estimate of drug-likeness (QED) is 0.563. The van der Waals surface area contributed by atoms with Crippen LogP contribution in [0.3, 0.4) is 0 Å². The molecular formula is C9H13NO3. The van der Waals surface area contributed by atoms with Crippen LogP contribution in [0.15, 0.2) is 23.8 Å². The number of quaternary nitrogens is 1. The van der Waals surface area contributed by atoms with Crippen molar-refractivity contribution in [2.75, 3.05) is 6.61 Å². The van der Waals surface area contributed by atoms with E-state index in [1.165, 1.54) is 6.08 Å². The first-order valence-corrected chi connectivity index (χ1v) is 4.21. The molecule has 0 heterocycles. The van der Waals surface area contributed by atoms with Crippen molar-refractivity contribution < 1.29 is 20.4 Å². The number of carboxylic acid groups (broad SMARTS) is 1. The molecule has 2 atom stereocenters. The van der Waals surface area contributed by atoms with Gasteiger partial charge in [-0.3, -0.25) is 0 Å². The summed E-state index contributed by atoms with van der Waals surface area (Å²) in [5.74, 6) is -1.17. The van der Waals surface area contributed by atoms with Crippen LogP contribution in [0.1, 0.15) is 6.92 Å². The van der Waals surface area contributed by atoms with Gasteiger partial charge in [-0.1, -0.05) is 12.2 Å². The smallest absolute Gasteiger partial charge is 0.142 e. The van der Waals surface area contributed by atoms with Crippen molar-refractivity contribution in [2.24, 2.45) is 0 Å². The fraction of sp³-hybridized carbons (Fsp3) is 0.444. The standard InChI is InChI=1S/C9H13NO3/c1-2-13-7-5-3-4-6(8(7)10)9(11)12/h3-5,7-8H,2,10H2,1H3,(H,11,12)/t7-,8-/m1/s1. The van der Waals surface area contributed by atoms with E-state index in [0.29, 0.717) is 6.61 Å². The molecule has 0 fully saturated rings. The predicted molar refractivity (Wildman–Crippen MR) is 44.3 cm³/mol. The molecule has 3 N–H and O–H groups in total. The van der Waals surface area contributed by atoms with Crippen LogP contribution in [0.4, 0.5) is 0 Å². The highest BCUT2D eigenvalue weighted by molar-refractivity contribution is 5.86. The molecule has 0 aromatic carbocycles. The van der Waals surface area contributed by atoms with Crippen molar-refractivity contribution in [3.05, 3.63) is 23.8 Å². The van der Waals surface area contributed by atoms with E-state index in [1.807, 2.05) is 6.92 Å². The molecule has 0 saturated carbocycles. The molecule has 4 heteroatoms. The third kappa shape index (κ3) is 2.17. The van der Waals surface area contributed by atoms with E-state index in [4.69, 9.17) is 4.74 Å². The van der Waals surface area contributed by atoms with E-state index in [2.05, 4.69) is 5.73 Å². The summed E-state index contributed by atoms with van der Waals surface area (Å²) in [6.07, 6.45) is 4.71. The Balaban J connectivity index is 2.74. The van der Waals surface area contributed by atoms with Crippen molar-refractivity contribution in [3.8, 4) is 0 Å². The SMILES string of the molecule is CCO[C@@H]1C=CC=C(C(=O)[O-])[C@H]1[NH3+]. The fourth-order valence-electron chi connectivity index (χ4n) is 1.29. The minimum Gasteiger partial charge on any atom is -0.545 e. The number of carbonyl (C=O) groups excluding carboxylic acids is 1. The highest BCUT2D eigenvalue weighted by Crippen LogP contribution is 2.12. The highest BCUT2D eigenvalue weighted by atomic mass is 16.5. The lowest BCUT2D eigenvalue weighted by Gasteiger charge is -2.23. The summed E-state index contributed by atoms with van der Waals surface area (Å²) in [6.45, 7) is 2.40. The molecule has 0 aromatic heterocycles. The van der Waals surface area contributed by atoms with Gasteiger partial charge in [0.1, 0.15) is 12.1 Å². The van der Waals surface area contributed by atoms with Crippen LogP contribution in [-0.2, 0) is 9.53 Å². The van der Waals surface area contributed by atoms with Gasteiger partial charge < -0.3 is 20.4 Å². The lowest BCUT2D eigenvalue weighted by Crippen LogP contribution is -2.69. The average Bonchev–Trinajstić information content (AvgIpc) is 2.08. The maximum atomic E-state index is 10.6. The molecule has 0 saturated heterocycles. The van der Waals surface area contributed by atoms with Gasteiger partial charge in [0.2, 0.25) is 0 Å². The molecule has 0 amide bonds. The van der Waals surface area contributed by atoms with E-state index in [0.717, 1.165) is 0 Å². The largest absolute Gasteiger partial charge is 0.545 e. The van der Waals surface area contributed by atoms with Gasteiger partial charge in [-0.05, 0) is 13.0 Å². The van der Waals surface area contributed by atoms with Crippen molar-refractivity contribution in [2.45, 2.75) is 19.1 Å². The van der Waals surface area contributed by atoms with Crippen LogP contribution in [0.25, 0.3) is 0 Å². The Morgan fingerprint density at radius 1 is 1.77 bits per heavy atom. The number of carboxylic acids is 1. The van der Waals surface area contributed by atoms with Crippen LogP contribution in [-0.4, -0.2) is 24.7 Å². The second kappa shape index (κ2) is 4.20. The van der Waals surface area contributed by atoms with Gasteiger partial charge in [-0.25, -0.2) is 0 Å². The summed E-state index contributed by atoms with van der Waals surface area (Å²) in [5, 5.41) is 10.6. The molecule has 0 bridgehead atoms. The first-order chi connectivity index (χ1) is 6.16. The monoisotopic (exact) mass is 183 g/mol. The van der Waals surface area contributed by atoms with Gasteiger partial charge in [0, 0.05) is 12.2 Å². The van der Waals surface area contributed by atoms with E-state index in [9.17, 15) is 9.90 Å². The number of rotatable bonds is 3. The second-order valence-corrected chi connectivity index (χ2v) is 2.82. The van der Waals surface area contributed by atoms with Crippen LogP contribution < -0.4 is 10.8 Å². The third-order valence-corrected chi connectivity index (χ3v) is 1.97. The molecular weight excluding hydrogens is 170 g/mol. The highest BCUT2D eigenvalue weighted by Gasteiger charge is 2.25. The summed E-state index contributed by atoms with van der Waals surface area (Å²) in [5.41, 5.74) is 3.93. The van der Waals surface area contributed by atoms with Crippen LogP contribution in [0, 0.1) is 0 Å². The first-order valence-electron chi connectivity index (χ1n) is 4.21. The zero-order valence-electron chi connectivity index (χ0n) is 7.53. The maximum Gasteiger partial charge on any atom is 0.142 e. The predicted octanol–water partition coefficient (Wildman–Crippen LogP) is -1.75. The van der Waals surface area contributed by atoms with E-state index >= 15 is 0 Å². The maximum absolute atomic E-state index is 10.6. The summed E-state index contributed by atoms with van der Waals surface area (Å²) in [4.78, 5) is 10.6. The molecule has 0 unspecified atom stereocenters. The Kier molecular flexibility index (Phi) is 3.22. The Labute approximate surface area is 76.7 Å². The fourth-order valence-corrected chi connectivity index (χ4v) is 1.29. The topological polar surface area (TPSA) is 77.0 Å². The van der Waals surface area contributed by atoms with Crippen molar-refractivity contribution in [1.82, 2.24) is 0 Å². The Morgan fingerprint density at radius 3 is 3.00 bits per heavy atom. The molecule has 0 spiro atoms. The molecule has 0 radical (unpaired) electrons. The Morgan fingerprint density at radius 2 is 2.46 bits per heavy atom. The van der Waals surface area contributed by atoms with Gasteiger partial charge in [0.15, 0.2) is 0 Å². The summed E-state index contributed by atoms with van der Waals surface area (Å²) in [6, 6.07) is -0.380. The molecule has 1 aliphatic rings. The van der Waals surface area contributed by atoms with Crippen molar-refractivity contribution in [3.63, 3.8) is 0 Å². The van der Waals surface area contributed by atoms with Gasteiger partial charge in [0.05, 0.1) is 5.97 Å². The Bertz CT molecular complexity index is 258. The molecule has 1 aliphatic carbocycles. The van der Waals surface area contributed by atoms with Gasteiger partial charge in [-0.2, -0.15) is 0 Å². The summed E-state index contributed by atoms with van der Waals surface area (Å²) in [7, 11) is 0. The van der Waals surface area contributed by atoms with E-state index < -0.39 is 5.97 Å². The second-order valence-electron chi connectivity index (χ2n) is 2.82. The lowest BCUT2D eigenvalue weighted by molar-refractivity contribution is -0.424. The first kappa shape index (κ1) is 9.95. The number of hydrogen-bond acceptors (Lipinski definition) is 3.